The maximum atomic E-state index is 11.6. The molecule has 0 radical (unpaired) electrons. The Bertz CT molecular complexity index is 230. The molecule has 1 rings (SSSR count). The van der Waals surface area contributed by atoms with Gasteiger partial charge in [-0.25, -0.2) is 0 Å². The monoisotopic (exact) mass is 227 g/mol. The molecule has 94 valence electrons. The lowest BCUT2D eigenvalue weighted by atomic mass is 9.80. The molecule has 1 fully saturated rings. The fraction of sp³-hybridized carbons (Fsp3) is 0.923. The highest BCUT2D eigenvalue weighted by Gasteiger charge is 2.27. The number of rotatable bonds is 4. The molecule has 16 heavy (non-hydrogen) atoms. The molecule has 1 saturated carbocycles. The highest BCUT2D eigenvalue weighted by atomic mass is 16.5. The first-order valence-electron chi connectivity index (χ1n) is 6.42. The molecule has 0 aromatic rings. The third-order valence-electron chi connectivity index (χ3n) is 3.77. The number of hydrogen-bond acceptors (Lipinski definition) is 3. The van der Waals surface area contributed by atoms with Crippen LogP contribution < -0.4 is 5.73 Å². The van der Waals surface area contributed by atoms with Crippen LogP contribution in [0.4, 0.5) is 0 Å². The van der Waals surface area contributed by atoms with Gasteiger partial charge in [-0.15, -0.1) is 0 Å². The van der Waals surface area contributed by atoms with Gasteiger partial charge in [0.15, 0.2) is 0 Å². The van der Waals surface area contributed by atoms with E-state index in [1.807, 2.05) is 6.92 Å². The first kappa shape index (κ1) is 13.5. The van der Waals surface area contributed by atoms with Crippen molar-refractivity contribution in [2.75, 3.05) is 6.54 Å². The first-order chi connectivity index (χ1) is 7.52. The van der Waals surface area contributed by atoms with Crippen LogP contribution in [0.15, 0.2) is 0 Å². The second-order valence-corrected chi connectivity index (χ2v) is 5.42. The normalized spacial score (nSPS) is 32.1. The number of carbonyl (C=O) groups is 1. The van der Waals surface area contributed by atoms with E-state index in [9.17, 15) is 4.79 Å². The van der Waals surface area contributed by atoms with E-state index in [4.69, 9.17) is 10.5 Å². The Labute approximate surface area is 98.7 Å². The minimum absolute atomic E-state index is 0.0790. The molecule has 0 amide bonds. The summed E-state index contributed by atoms with van der Waals surface area (Å²) in [7, 11) is 0. The largest absolute Gasteiger partial charge is 0.462 e. The van der Waals surface area contributed by atoms with Crippen molar-refractivity contribution in [3.8, 4) is 0 Å². The highest BCUT2D eigenvalue weighted by molar-refractivity contribution is 5.69. The van der Waals surface area contributed by atoms with Crippen molar-refractivity contribution in [3.63, 3.8) is 0 Å². The standard InChI is InChI=1S/C13H25NO2/c1-9(8-14)6-13(15)16-12-5-4-10(2)11(3)7-12/h9-12H,4-8,14H2,1-3H3. The molecule has 2 N–H and O–H groups in total. The van der Waals surface area contributed by atoms with E-state index >= 15 is 0 Å². The van der Waals surface area contributed by atoms with Crippen molar-refractivity contribution in [3.05, 3.63) is 0 Å². The summed E-state index contributed by atoms with van der Waals surface area (Å²) in [6, 6.07) is 0. The van der Waals surface area contributed by atoms with Crippen LogP contribution >= 0.6 is 0 Å². The van der Waals surface area contributed by atoms with Gasteiger partial charge in [-0.3, -0.25) is 4.79 Å². The fourth-order valence-corrected chi connectivity index (χ4v) is 2.21. The number of nitrogens with two attached hydrogens (primary N) is 1. The lowest BCUT2D eigenvalue weighted by Gasteiger charge is -2.31. The second-order valence-electron chi connectivity index (χ2n) is 5.42. The van der Waals surface area contributed by atoms with Crippen molar-refractivity contribution in [1.29, 1.82) is 0 Å². The number of hydrogen-bond donors (Lipinski definition) is 1. The minimum atomic E-state index is -0.0790. The van der Waals surface area contributed by atoms with Gasteiger partial charge in [0.1, 0.15) is 6.10 Å². The van der Waals surface area contributed by atoms with Crippen LogP contribution in [0.3, 0.4) is 0 Å². The van der Waals surface area contributed by atoms with Gasteiger partial charge < -0.3 is 10.5 Å². The highest BCUT2D eigenvalue weighted by Crippen LogP contribution is 2.31. The van der Waals surface area contributed by atoms with Crippen molar-refractivity contribution in [1.82, 2.24) is 0 Å². The molecule has 1 aliphatic rings. The topological polar surface area (TPSA) is 52.3 Å². The molecular weight excluding hydrogens is 202 g/mol. The molecule has 0 aromatic heterocycles. The predicted octanol–water partition coefficient (Wildman–Crippen LogP) is 2.34. The van der Waals surface area contributed by atoms with Gasteiger partial charge in [-0.05, 0) is 43.6 Å². The van der Waals surface area contributed by atoms with Crippen molar-refractivity contribution < 1.29 is 9.53 Å². The summed E-state index contributed by atoms with van der Waals surface area (Å²) < 4.78 is 5.49. The molecule has 3 nitrogen and oxygen atoms in total. The Morgan fingerprint density at radius 3 is 2.62 bits per heavy atom. The van der Waals surface area contributed by atoms with E-state index in [2.05, 4.69) is 13.8 Å². The van der Waals surface area contributed by atoms with Crippen molar-refractivity contribution in [2.45, 2.75) is 52.6 Å². The van der Waals surface area contributed by atoms with Crippen LogP contribution in [-0.4, -0.2) is 18.6 Å². The lowest BCUT2D eigenvalue weighted by Crippen LogP contribution is -2.29. The third kappa shape index (κ3) is 4.12. The summed E-state index contributed by atoms with van der Waals surface area (Å²) in [6.07, 6.45) is 3.81. The third-order valence-corrected chi connectivity index (χ3v) is 3.77. The molecule has 3 heteroatoms. The summed E-state index contributed by atoms with van der Waals surface area (Å²) in [5, 5.41) is 0. The molecular formula is C13H25NO2. The molecule has 0 saturated heterocycles. The van der Waals surface area contributed by atoms with Crippen LogP contribution in [0.5, 0.6) is 0 Å². The summed E-state index contributed by atoms with van der Waals surface area (Å²) >= 11 is 0. The van der Waals surface area contributed by atoms with Gasteiger partial charge in [0.2, 0.25) is 0 Å². The average molecular weight is 227 g/mol. The first-order valence-corrected chi connectivity index (χ1v) is 6.42. The summed E-state index contributed by atoms with van der Waals surface area (Å²) in [6.45, 7) is 7.05. The van der Waals surface area contributed by atoms with E-state index in [1.165, 1.54) is 6.42 Å². The van der Waals surface area contributed by atoms with E-state index in [1.54, 1.807) is 0 Å². The second kappa shape index (κ2) is 6.24. The van der Waals surface area contributed by atoms with E-state index in [0.717, 1.165) is 18.8 Å². The van der Waals surface area contributed by atoms with Crippen LogP contribution in [-0.2, 0) is 9.53 Å². The van der Waals surface area contributed by atoms with Crippen LogP contribution in [0.1, 0.15) is 46.5 Å². The Balaban J connectivity index is 2.29. The summed E-state index contributed by atoms with van der Waals surface area (Å²) in [5.74, 6) is 1.58. The number of esters is 1. The lowest BCUT2D eigenvalue weighted by molar-refractivity contribution is -0.152. The van der Waals surface area contributed by atoms with E-state index in [0.29, 0.717) is 18.9 Å². The Hall–Kier alpha value is -0.570. The van der Waals surface area contributed by atoms with Gasteiger partial charge in [0.05, 0.1) is 0 Å². The number of carbonyl (C=O) groups excluding carboxylic acids is 1. The summed E-state index contributed by atoms with van der Waals surface area (Å²) in [5.41, 5.74) is 5.49. The van der Waals surface area contributed by atoms with Crippen molar-refractivity contribution >= 4 is 5.97 Å². The molecule has 4 unspecified atom stereocenters. The summed E-state index contributed by atoms with van der Waals surface area (Å²) in [4.78, 5) is 11.6. The van der Waals surface area contributed by atoms with Gasteiger partial charge >= 0.3 is 5.97 Å². The SMILES string of the molecule is CC(CN)CC(=O)OC1CCC(C)C(C)C1. The maximum Gasteiger partial charge on any atom is 0.306 e. The molecule has 0 spiro atoms. The molecule has 0 bridgehead atoms. The molecule has 0 heterocycles. The number of ether oxygens (including phenoxy) is 1. The fourth-order valence-electron chi connectivity index (χ4n) is 2.21. The van der Waals surface area contributed by atoms with Crippen LogP contribution in [0, 0.1) is 17.8 Å². The van der Waals surface area contributed by atoms with Gasteiger partial charge in [0.25, 0.3) is 0 Å². The molecule has 4 atom stereocenters. The zero-order valence-electron chi connectivity index (χ0n) is 10.7. The van der Waals surface area contributed by atoms with Crippen LogP contribution in [0.2, 0.25) is 0 Å². The Morgan fingerprint density at radius 2 is 2.06 bits per heavy atom. The molecule has 0 aliphatic heterocycles. The zero-order valence-corrected chi connectivity index (χ0v) is 10.7. The zero-order chi connectivity index (χ0) is 12.1. The molecule has 1 aliphatic carbocycles. The maximum absolute atomic E-state index is 11.6. The van der Waals surface area contributed by atoms with Crippen molar-refractivity contribution in [2.24, 2.45) is 23.5 Å². The Kier molecular flexibility index (Phi) is 5.26. The van der Waals surface area contributed by atoms with Crippen LogP contribution in [0.25, 0.3) is 0 Å². The molecule has 0 aromatic carbocycles. The van der Waals surface area contributed by atoms with E-state index in [-0.39, 0.29) is 18.0 Å². The van der Waals surface area contributed by atoms with Gasteiger partial charge in [0, 0.05) is 6.42 Å². The Morgan fingerprint density at radius 1 is 1.38 bits per heavy atom. The predicted molar refractivity (Wildman–Crippen MR) is 64.9 cm³/mol. The van der Waals surface area contributed by atoms with Gasteiger partial charge in [-0.2, -0.15) is 0 Å². The minimum Gasteiger partial charge on any atom is -0.462 e. The average Bonchev–Trinajstić information content (AvgIpc) is 2.23. The van der Waals surface area contributed by atoms with Gasteiger partial charge in [-0.1, -0.05) is 20.8 Å². The quantitative estimate of drug-likeness (QED) is 0.750. The smallest absolute Gasteiger partial charge is 0.306 e. The van der Waals surface area contributed by atoms with E-state index < -0.39 is 0 Å².